The molecule has 0 saturated heterocycles. The summed E-state index contributed by atoms with van der Waals surface area (Å²) in [4.78, 5) is 12.4. The molecule has 2 nitrogen and oxygen atoms in total. The Labute approximate surface area is 141 Å². The molecule has 20 heavy (non-hydrogen) atoms. The highest BCUT2D eigenvalue weighted by Crippen LogP contribution is 2.24. The summed E-state index contributed by atoms with van der Waals surface area (Å²) in [7, 11) is 0. The summed E-state index contributed by atoms with van der Waals surface area (Å²) < 4.78 is 1.84. The first kappa shape index (κ1) is 15.5. The van der Waals surface area contributed by atoms with Crippen molar-refractivity contribution in [3.8, 4) is 0 Å². The summed E-state index contributed by atoms with van der Waals surface area (Å²) in [6.07, 6.45) is 0. The molecule has 0 aliphatic carbocycles. The lowest BCUT2D eigenvalue weighted by molar-refractivity contribution is 0.102. The van der Waals surface area contributed by atoms with Crippen LogP contribution in [0.15, 0.2) is 34.8 Å². The number of carbonyl (C=O) groups is 1. The number of amides is 1. The third-order valence-corrected chi connectivity index (χ3v) is 4.52. The van der Waals surface area contributed by atoms with E-state index in [4.69, 9.17) is 0 Å². The Bertz CT molecular complexity index is 659. The summed E-state index contributed by atoms with van der Waals surface area (Å²) in [6.45, 7) is 6.09. The van der Waals surface area contributed by atoms with Gasteiger partial charge in [0, 0.05) is 13.7 Å². The largest absolute Gasteiger partial charge is 0.321 e. The minimum Gasteiger partial charge on any atom is -0.321 e. The molecular formula is C16H15BrINO. The van der Waals surface area contributed by atoms with Crippen LogP contribution in [0.1, 0.15) is 27.0 Å². The van der Waals surface area contributed by atoms with Gasteiger partial charge in [-0.2, -0.15) is 0 Å². The zero-order chi connectivity index (χ0) is 14.9. The van der Waals surface area contributed by atoms with Crippen molar-refractivity contribution in [3.05, 3.63) is 60.6 Å². The lowest BCUT2D eigenvalue weighted by atomic mass is 10.0. The molecule has 2 aromatic carbocycles. The Balaban J connectivity index is 2.35. The Morgan fingerprint density at radius 3 is 2.30 bits per heavy atom. The number of hydrogen-bond acceptors (Lipinski definition) is 1. The van der Waals surface area contributed by atoms with Crippen LogP contribution in [-0.2, 0) is 0 Å². The van der Waals surface area contributed by atoms with E-state index in [-0.39, 0.29) is 5.91 Å². The van der Waals surface area contributed by atoms with E-state index in [1.807, 2.05) is 32.0 Å². The zero-order valence-corrected chi connectivity index (χ0v) is 15.3. The number of benzene rings is 2. The van der Waals surface area contributed by atoms with Crippen molar-refractivity contribution in [2.45, 2.75) is 20.8 Å². The molecule has 0 atom stereocenters. The van der Waals surface area contributed by atoms with E-state index in [1.54, 1.807) is 0 Å². The lowest BCUT2D eigenvalue weighted by Gasteiger charge is -2.13. The highest BCUT2D eigenvalue weighted by molar-refractivity contribution is 14.1. The molecule has 0 heterocycles. The van der Waals surface area contributed by atoms with Crippen LogP contribution in [-0.4, -0.2) is 5.91 Å². The van der Waals surface area contributed by atoms with Crippen molar-refractivity contribution < 1.29 is 4.79 Å². The van der Waals surface area contributed by atoms with Gasteiger partial charge in [-0.3, -0.25) is 4.79 Å². The predicted molar refractivity (Wildman–Crippen MR) is 95.5 cm³/mol. The Kier molecular flexibility index (Phi) is 4.86. The average molecular weight is 444 g/mol. The molecule has 2 rings (SSSR count). The fourth-order valence-electron chi connectivity index (χ4n) is 2.23. The van der Waals surface area contributed by atoms with Crippen LogP contribution in [0.5, 0.6) is 0 Å². The number of hydrogen-bond donors (Lipinski definition) is 1. The van der Waals surface area contributed by atoms with Gasteiger partial charge < -0.3 is 5.32 Å². The number of halogens is 2. The van der Waals surface area contributed by atoms with E-state index in [1.165, 1.54) is 5.56 Å². The van der Waals surface area contributed by atoms with Gasteiger partial charge in [0.2, 0.25) is 0 Å². The first-order valence-corrected chi connectivity index (χ1v) is 8.10. The summed E-state index contributed by atoms with van der Waals surface area (Å²) in [5, 5.41) is 3.03. The first-order valence-electron chi connectivity index (χ1n) is 6.22. The van der Waals surface area contributed by atoms with Crippen molar-refractivity contribution in [1.82, 2.24) is 0 Å². The minimum absolute atomic E-state index is 0.0780. The van der Waals surface area contributed by atoms with Crippen LogP contribution in [0.3, 0.4) is 0 Å². The van der Waals surface area contributed by atoms with Crippen LogP contribution in [0, 0.1) is 24.3 Å². The maximum absolute atomic E-state index is 12.4. The van der Waals surface area contributed by atoms with E-state index < -0.39 is 0 Å². The molecule has 2 aromatic rings. The molecule has 0 aliphatic heterocycles. The summed E-state index contributed by atoms with van der Waals surface area (Å²) in [5.74, 6) is -0.0780. The molecule has 1 N–H and O–H groups in total. The third-order valence-electron chi connectivity index (χ3n) is 3.09. The van der Waals surface area contributed by atoms with Crippen LogP contribution < -0.4 is 5.32 Å². The predicted octanol–water partition coefficient (Wildman–Crippen LogP) is 5.23. The van der Waals surface area contributed by atoms with Gasteiger partial charge in [0.15, 0.2) is 0 Å². The highest BCUT2D eigenvalue weighted by atomic mass is 127. The second-order valence-corrected chi connectivity index (χ2v) is 6.93. The van der Waals surface area contributed by atoms with Crippen molar-refractivity contribution in [2.24, 2.45) is 0 Å². The van der Waals surface area contributed by atoms with Gasteiger partial charge in [-0.05, 0) is 72.7 Å². The van der Waals surface area contributed by atoms with Gasteiger partial charge in [-0.25, -0.2) is 0 Å². The number of carbonyl (C=O) groups excluding carboxylic acids is 1. The summed E-state index contributed by atoms with van der Waals surface area (Å²) in [5.41, 5.74) is 4.95. The molecule has 0 spiro atoms. The Morgan fingerprint density at radius 1 is 1.10 bits per heavy atom. The van der Waals surface area contributed by atoms with Gasteiger partial charge in [0.25, 0.3) is 5.91 Å². The molecule has 0 aromatic heterocycles. The molecule has 104 valence electrons. The molecule has 0 fully saturated rings. The van der Waals surface area contributed by atoms with E-state index in [9.17, 15) is 4.79 Å². The van der Waals surface area contributed by atoms with Crippen molar-refractivity contribution >= 4 is 50.1 Å². The van der Waals surface area contributed by atoms with Crippen molar-refractivity contribution in [1.29, 1.82) is 0 Å². The number of aryl methyl sites for hydroxylation is 3. The quantitative estimate of drug-likeness (QED) is 0.632. The maximum Gasteiger partial charge on any atom is 0.256 e. The molecule has 0 unspecified atom stereocenters. The van der Waals surface area contributed by atoms with Gasteiger partial charge in [0.05, 0.1) is 5.56 Å². The third kappa shape index (κ3) is 3.41. The zero-order valence-electron chi connectivity index (χ0n) is 11.6. The second kappa shape index (κ2) is 6.26. The molecule has 0 aliphatic rings. The first-order chi connectivity index (χ1) is 9.38. The topological polar surface area (TPSA) is 29.1 Å². The fraction of sp³-hybridized carbons (Fsp3) is 0.188. The highest BCUT2D eigenvalue weighted by Gasteiger charge is 2.13. The van der Waals surface area contributed by atoms with Gasteiger partial charge in [-0.15, -0.1) is 0 Å². The number of anilines is 1. The van der Waals surface area contributed by atoms with Crippen LogP contribution in [0.25, 0.3) is 0 Å². The molecule has 0 radical (unpaired) electrons. The Hall–Kier alpha value is -0.880. The van der Waals surface area contributed by atoms with Gasteiger partial charge in [-0.1, -0.05) is 33.6 Å². The lowest BCUT2D eigenvalue weighted by Crippen LogP contribution is -2.15. The van der Waals surface area contributed by atoms with E-state index in [0.717, 1.165) is 24.9 Å². The molecule has 0 saturated carbocycles. The normalized spacial score (nSPS) is 10.4. The van der Waals surface area contributed by atoms with E-state index >= 15 is 0 Å². The number of nitrogens with one attached hydrogen (secondary N) is 1. The second-order valence-electron chi connectivity index (χ2n) is 4.85. The van der Waals surface area contributed by atoms with Crippen LogP contribution in [0.2, 0.25) is 0 Å². The maximum atomic E-state index is 12.4. The van der Waals surface area contributed by atoms with E-state index in [2.05, 4.69) is 62.9 Å². The molecule has 1 amide bonds. The monoisotopic (exact) mass is 443 g/mol. The smallest absolute Gasteiger partial charge is 0.256 e. The molecule has 4 heteroatoms. The molecule has 0 bridgehead atoms. The molecular weight excluding hydrogens is 429 g/mol. The van der Waals surface area contributed by atoms with Crippen molar-refractivity contribution in [2.75, 3.05) is 5.32 Å². The fourth-order valence-corrected chi connectivity index (χ4v) is 3.17. The van der Waals surface area contributed by atoms with Gasteiger partial charge in [0.1, 0.15) is 0 Å². The van der Waals surface area contributed by atoms with Crippen LogP contribution in [0.4, 0.5) is 5.69 Å². The SMILES string of the molecule is Cc1cc(C)c(NC(=O)c2cc(Br)ccc2I)c(C)c1. The minimum atomic E-state index is -0.0780. The van der Waals surface area contributed by atoms with E-state index in [0.29, 0.717) is 5.56 Å². The standard InChI is InChI=1S/C16H15BrINO/c1-9-6-10(2)15(11(3)7-9)19-16(20)13-8-12(17)4-5-14(13)18/h4-8H,1-3H3,(H,19,20). The van der Waals surface area contributed by atoms with Crippen molar-refractivity contribution in [3.63, 3.8) is 0 Å². The number of rotatable bonds is 2. The van der Waals surface area contributed by atoms with Gasteiger partial charge >= 0.3 is 0 Å². The summed E-state index contributed by atoms with van der Waals surface area (Å²) in [6, 6.07) is 9.86. The summed E-state index contributed by atoms with van der Waals surface area (Å²) >= 11 is 5.58. The average Bonchev–Trinajstić information content (AvgIpc) is 2.36. The Morgan fingerprint density at radius 2 is 1.70 bits per heavy atom. The van der Waals surface area contributed by atoms with Crippen LogP contribution >= 0.6 is 38.5 Å².